The molecule has 3 heterocycles. The van der Waals surface area contributed by atoms with E-state index in [9.17, 15) is 29.7 Å². The summed E-state index contributed by atoms with van der Waals surface area (Å²) in [7, 11) is 3.05. The molecule has 1 amide bonds. The van der Waals surface area contributed by atoms with Gasteiger partial charge in [-0.15, -0.1) is 0 Å². The van der Waals surface area contributed by atoms with Crippen molar-refractivity contribution in [3.05, 3.63) is 51.6 Å². The standard InChI is InChI=1S/C23H22N2O6.C11H21NO4/c1-31-15-4-2-3-13-16(15)22(29)18-17(20(13)27)21(28)14-7-10(5-6-12(14)19(18)26)23(30)25-11-8-24-9-11;1-8-11(13)9(3-5-15-8)12-4-6-16-10(7-12)14-2/h2-4,10-11,24,26,28H,5-9H2,1H3,(H,25,30);8-11,13H,3-7H2,1-2H3. The Morgan fingerprint density at radius 2 is 1.74 bits per heavy atom. The third-order valence-electron chi connectivity index (χ3n) is 9.99. The zero-order valence-electron chi connectivity index (χ0n) is 26.9. The number of hydrogen-bond donors (Lipinski definition) is 5. The third kappa shape index (κ3) is 6.23. The van der Waals surface area contributed by atoms with E-state index >= 15 is 0 Å². The SMILES string of the molecule is COC1CN(C2CCOC(C)C2O)CCO1.COc1cccc2c1C(=O)c1c(O)c3c(c(O)c1C2=O)CC(C(=O)NC1CNC1)CC3. The number of aliphatic hydroxyl groups is 1. The number of rotatable bonds is 5. The van der Waals surface area contributed by atoms with Gasteiger partial charge in [0.2, 0.25) is 11.7 Å². The molecule has 5 aliphatic rings. The number of phenols is 2. The van der Waals surface area contributed by atoms with E-state index in [2.05, 4.69) is 15.5 Å². The van der Waals surface area contributed by atoms with Crippen LogP contribution in [0.15, 0.2) is 18.2 Å². The fraction of sp³-hybridized carbons (Fsp3) is 0.559. The molecule has 3 saturated heterocycles. The molecule has 13 nitrogen and oxygen atoms in total. The van der Waals surface area contributed by atoms with E-state index in [0.717, 1.165) is 39.2 Å². The molecule has 0 bridgehead atoms. The van der Waals surface area contributed by atoms with Crippen LogP contribution in [0.25, 0.3) is 0 Å². The molecule has 0 spiro atoms. The van der Waals surface area contributed by atoms with Crippen molar-refractivity contribution in [3.8, 4) is 17.2 Å². The van der Waals surface area contributed by atoms with Gasteiger partial charge in [-0.05, 0) is 38.7 Å². The van der Waals surface area contributed by atoms with E-state index < -0.39 is 17.7 Å². The Labute approximate surface area is 273 Å². The Morgan fingerprint density at radius 1 is 1.00 bits per heavy atom. The van der Waals surface area contributed by atoms with Gasteiger partial charge in [0.15, 0.2) is 12.1 Å². The van der Waals surface area contributed by atoms with Gasteiger partial charge in [0.05, 0.1) is 48.7 Å². The quantitative estimate of drug-likeness (QED) is 0.247. The first-order valence-electron chi connectivity index (χ1n) is 16.2. The molecular formula is C34H43N3O10. The van der Waals surface area contributed by atoms with Crippen LogP contribution in [0.3, 0.4) is 0 Å². The van der Waals surface area contributed by atoms with Gasteiger partial charge in [0, 0.05) is 68.5 Å². The number of hydrogen-bond acceptors (Lipinski definition) is 12. The van der Waals surface area contributed by atoms with Gasteiger partial charge in [-0.2, -0.15) is 0 Å². The summed E-state index contributed by atoms with van der Waals surface area (Å²) in [6.45, 7) is 6.35. The molecule has 5 unspecified atom stereocenters. The lowest BCUT2D eigenvalue weighted by atomic mass is 9.75. The predicted octanol–water partition coefficient (Wildman–Crippen LogP) is 0.904. The topological polar surface area (TPSA) is 176 Å². The number of carbonyl (C=O) groups excluding carboxylic acids is 3. The highest BCUT2D eigenvalue weighted by Gasteiger charge is 2.41. The molecule has 47 heavy (non-hydrogen) atoms. The lowest BCUT2D eigenvalue weighted by molar-refractivity contribution is -0.190. The monoisotopic (exact) mass is 653 g/mol. The predicted molar refractivity (Wildman–Crippen MR) is 168 cm³/mol. The second-order valence-electron chi connectivity index (χ2n) is 12.7. The van der Waals surface area contributed by atoms with Crippen molar-refractivity contribution in [2.75, 3.05) is 53.6 Å². The molecule has 2 aromatic rings. The summed E-state index contributed by atoms with van der Waals surface area (Å²) in [5, 5.41) is 38.2. The van der Waals surface area contributed by atoms with Crippen molar-refractivity contribution < 1.29 is 48.7 Å². The van der Waals surface area contributed by atoms with Crippen molar-refractivity contribution in [1.82, 2.24) is 15.5 Å². The second kappa shape index (κ2) is 13.9. The normalized spacial score (nSPS) is 27.4. The number of methoxy groups -OCH3 is 2. The zero-order chi connectivity index (χ0) is 33.4. The van der Waals surface area contributed by atoms with Gasteiger partial charge in [0.1, 0.15) is 17.2 Å². The van der Waals surface area contributed by atoms with Crippen LogP contribution < -0.4 is 15.4 Å². The molecule has 13 heteroatoms. The van der Waals surface area contributed by atoms with Crippen LogP contribution in [-0.4, -0.2) is 122 Å². The number of morpholine rings is 1. The molecule has 254 valence electrons. The van der Waals surface area contributed by atoms with Crippen LogP contribution in [0.2, 0.25) is 0 Å². The molecule has 5 atom stereocenters. The summed E-state index contributed by atoms with van der Waals surface area (Å²) in [4.78, 5) is 41.4. The Hall–Kier alpha value is -3.59. The second-order valence-corrected chi connectivity index (χ2v) is 12.7. The number of amides is 1. The average molecular weight is 654 g/mol. The summed E-state index contributed by atoms with van der Waals surface area (Å²) < 4.78 is 21.3. The number of fused-ring (bicyclic) bond motifs is 3. The van der Waals surface area contributed by atoms with E-state index in [-0.39, 0.29) is 82.2 Å². The van der Waals surface area contributed by atoms with E-state index in [4.69, 9.17) is 18.9 Å². The third-order valence-corrected chi connectivity index (χ3v) is 9.99. The van der Waals surface area contributed by atoms with Crippen LogP contribution in [0, 0.1) is 5.92 Å². The number of nitrogens with one attached hydrogen (secondary N) is 2. The molecular weight excluding hydrogens is 610 g/mol. The maximum atomic E-state index is 13.3. The Kier molecular flexibility index (Phi) is 9.83. The highest BCUT2D eigenvalue weighted by Crippen LogP contribution is 2.47. The summed E-state index contributed by atoms with van der Waals surface area (Å²) in [6, 6.07) is 4.94. The van der Waals surface area contributed by atoms with Crippen molar-refractivity contribution in [1.29, 1.82) is 0 Å². The largest absolute Gasteiger partial charge is 0.507 e. The fourth-order valence-electron chi connectivity index (χ4n) is 7.18. The molecule has 5 N–H and O–H groups in total. The Bertz CT molecular complexity index is 1540. The van der Waals surface area contributed by atoms with Gasteiger partial charge in [-0.1, -0.05) is 12.1 Å². The summed E-state index contributed by atoms with van der Waals surface area (Å²) >= 11 is 0. The number of carbonyl (C=O) groups is 3. The highest BCUT2D eigenvalue weighted by molar-refractivity contribution is 6.31. The lowest BCUT2D eigenvalue weighted by Gasteiger charge is -2.43. The van der Waals surface area contributed by atoms with Gasteiger partial charge in [-0.3, -0.25) is 19.3 Å². The minimum absolute atomic E-state index is 0.0809. The minimum Gasteiger partial charge on any atom is -0.507 e. The zero-order valence-corrected chi connectivity index (χ0v) is 26.9. The molecule has 0 saturated carbocycles. The van der Waals surface area contributed by atoms with Crippen LogP contribution in [0.1, 0.15) is 62.7 Å². The first-order valence-corrected chi connectivity index (χ1v) is 16.2. The van der Waals surface area contributed by atoms with Gasteiger partial charge in [-0.25, -0.2) is 0 Å². The van der Waals surface area contributed by atoms with Crippen molar-refractivity contribution >= 4 is 17.5 Å². The molecule has 0 radical (unpaired) electrons. The van der Waals surface area contributed by atoms with Crippen LogP contribution >= 0.6 is 0 Å². The maximum Gasteiger partial charge on any atom is 0.223 e. The highest BCUT2D eigenvalue weighted by atomic mass is 16.7. The van der Waals surface area contributed by atoms with Gasteiger partial charge < -0.3 is 44.9 Å². The summed E-state index contributed by atoms with van der Waals surface area (Å²) in [5.74, 6) is -1.97. The Morgan fingerprint density at radius 3 is 2.45 bits per heavy atom. The average Bonchev–Trinajstić information content (AvgIpc) is 3.07. The minimum atomic E-state index is -0.560. The van der Waals surface area contributed by atoms with E-state index in [1.165, 1.54) is 13.2 Å². The van der Waals surface area contributed by atoms with Crippen molar-refractivity contribution in [2.24, 2.45) is 5.92 Å². The number of benzene rings is 2. The summed E-state index contributed by atoms with van der Waals surface area (Å²) in [5.41, 5.74) is 0.591. The van der Waals surface area contributed by atoms with E-state index in [1.807, 2.05) is 6.92 Å². The van der Waals surface area contributed by atoms with Crippen LogP contribution in [0.5, 0.6) is 17.2 Å². The molecule has 2 aliphatic carbocycles. The Balaban J connectivity index is 0.000000203. The van der Waals surface area contributed by atoms with E-state index in [1.54, 1.807) is 19.2 Å². The molecule has 3 aliphatic heterocycles. The van der Waals surface area contributed by atoms with Crippen molar-refractivity contribution in [2.45, 2.75) is 63.2 Å². The van der Waals surface area contributed by atoms with Crippen LogP contribution in [0.4, 0.5) is 0 Å². The van der Waals surface area contributed by atoms with Crippen molar-refractivity contribution in [3.63, 3.8) is 0 Å². The molecule has 3 fully saturated rings. The van der Waals surface area contributed by atoms with Gasteiger partial charge >= 0.3 is 0 Å². The number of aromatic hydroxyl groups is 2. The number of aliphatic hydroxyl groups excluding tert-OH is 1. The maximum absolute atomic E-state index is 13.3. The van der Waals surface area contributed by atoms with Gasteiger partial charge in [0.25, 0.3) is 0 Å². The number of ketones is 2. The number of phenolic OH excluding ortho intramolecular Hbond substituents is 2. The van der Waals surface area contributed by atoms with E-state index in [0.29, 0.717) is 30.6 Å². The molecule has 0 aromatic heterocycles. The lowest BCUT2D eigenvalue weighted by Crippen LogP contribution is -2.58. The molecule has 7 rings (SSSR count). The number of ether oxygens (including phenoxy) is 4. The van der Waals surface area contributed by atoms with Crippen LogP contribution in [-0.2, 0) is 31.8 Å². The smallest absolute Gasteiger partial charge is 0.223 e. The summed E-state index contributed by atoms with van der Waals surface area (Å²) in [6.07, 6.45) is 1.21. The number of nitrogens with zero attached hydrogens (tertiary/aromatic N) is 1. The first-order chi connectivity index (χ1) is 22.6. The fourth-order valence-corrected chi connectivity index (χ4v) is 7.18. The molecule has 2 aromatic carbocycles. The first kappa shape index (κ1) is 33.3.